The Morgan fingerprint density at radius 3 is 2.59 bits per heavy atom. The Morgan fingerprint density at radius 2 is 1.81 bits per heavy atom. The molecule has 1 atom stereocenters. The fraction of sp³-hybridized carbons (Fsp3) is 0.231. The first kappa shape index (κ1) is 22.0. The van der Waals surface area contributed by atoms with Crippen molar-refractivity contribution in [2.24, 2.45) is 0 Å². The summed E-state index contributed by atoms with van der Waals surface area (Å²) in [6.45, 7) is 4.26. The minimum atomic E-state index is -0.222. The highest BCUT2D eigenvalue weighted by Crippen LogP contribution is 2.46. The number of amides is 2. The highest BCUT2D eigenvalue weighted by atomic mass is 32.2. The predicted molar refractivity (Wildman–Crippen MR) is 131 cm³/mol. The largest absolute Gasteiger partial charge is 0.497 e. The third-order valence-electron chi connectivity index (χ3n) is 5.49. The van der Waals surface area contributed by atoms with E-state index < -0.39 is 0 Å². The predicted octanol–water partition coefficient (Wildman–Crippen LogP) is 5.85. The van der Waals surface area contributed by atoms with Crippen LogP contribution in [0.4, 0.5) is 11.4 Å². The van der Waals surface area contributed by atoms with E-state index in [0.717, 1.165) is 16.8 Å². The van der Waals surface area contributed by atoms with Gasteiger partial charge in [-0.3, -0.25) is 14.5 Å². The lowest BCUT2D eigenvalue weighted by atomic mass is 10.00. The third kappa shape index (κ3) is 4.36. The number of benzene rings is 3. The molecule has 0 aromatic heterocycles. The fourth-order valence-corrected chi connectivity index (χ4v) is 5.10. The maximum atomic E-state index is 13.0. The second-order valence-corrected chi connectivity index (χ2v) is 8.98. The first-order chi connectivity index (χ1) is 15.5. The van der Waals surface area contributed by atoms with Gasteiger partial charge in [-0.1, -0.05) is 56.3 Å². The van der Waals surface area contributed by atoms with Crippen LogP contribution in [-0.2, 0) is 4.79 Å². The van der Waals surface area contributed by atoms with Gasteiger partial charge in [0, 0.05) is 22.5 Å². The molecule has 4 rings (SSSR count). The summed E-state index contributed by atoms with van der Waals surface area (Å²) in [7, 11) is 1.57. The zero-order valence-corrected chi connectivity index (χ0v) is 19.2. The van der Waals surface area contributed by atoms with Gasteiger partial charge in [0.25, 0.3) is 5.91 Å². The summed E-state index contributed by atoms with van der Waals surface area (Å²) in [4.78, 5) is 27.8. The summed E-state index contributed by atoms with van der Waals surface area (Å²) < 4.78 is 5.24. The van der Waals surface area contributed by atoms with E-state index in [1.165, 1.54) is 0 Å². The Hall–Kier alpha value is -3.25. The van der Waals surface area contributed by atoms with Crippen molar-refractivity contribution in [1.82, 2.24) is 0 Å². The van der Waals surface area contributed by atoms with Gasteiger partial charge in [0.2, 0.25) is 5.91 Å². The van der Waals surface area contributed by atoms with Crippen LogP contribution in [0.5, 0.6) is 5.75 Å². The van der Waals surface area contributed by atoms with Crippen molar-refractivity contribution in [3.63, 3.8) is 0 Å². The zero-order valence-electron chi connectivity index (χ0n) is 18.4. The van der Waals surface area contributed by atoms with Crippen LogP contribution in [0.25, 0.3) is 0 Å². The number of methoxy groups -OCH3 is 1. The molecule has 0 aliphatic carbocycles. The van der Waals surface area contributed by atoms with Gasteiger partial charge in [-0.05, 0) is 41.8 Å². The van der Waals surface area contributed by atoms with Crippen LogP contribution in [-0.4, -0.2) is 24.7 Å². The monoisotopic (exact) mass is 446 g/mol. The van der Waals surface area contributed by atoms with Crippen LogP contribution in [0.3, 0.4) is 0 Å². The van der Waals surface area contributed by atoms with Crippen LogP contribution in [0.1, 0.15) is 46.6 Å². The number of nitrogens with zero attached hydrogens (tertiary/aromatic N) is 1. The van der Waals surface area contributed by atoms with E-state index in [9.17, 15) is 9.59 Å². The number of anilines is 2. The maximum Gasteiger partial charge on any atom is 0.255 e. The highest BCUT2D eigenvalue weighted by molar-refractivity contribution is 8.00. The summed E-state index contributed by atoms with van der Waals surface area (Å²) in [5.41, 5.74) is 4.16. The molecule has 6 heteroatoms. The molecule has 1 fully saturated rings. The molecule has 2 amide bonds. The number of nitrogens with one attached hydrogen (secondary N) is 1. The van der Waals surface area contributed by atoms with E-state index in [2.05, 4.69) is 25.2 Å². The van der Waals surface area contributed by atoms with E-state index in [0.29, 0.717) is 22.8 Å². The number of hydrogen-bond donors (Lipinski definition) is 1. The molecule has 3 aromatic carbocycles. The molecule has 164 valence electrons. The fourth-order valence-electron chi connectivity index (χ4n) is 3.89. The number of para-hydroxylation sites is 2. The van der Waals surface area contributed by atoms with Gasteiger partial charge in [0.05, 0.1) is 12.9 Å². The lowest BCUT2D eigenvalue weighted by molar-refractivity contribution is -0.115. The van der Waals surface area contributed by atoms with Gasteiger partial charge >= 0.3 is 0 Å². The molecule has 1 N–H and O–H groups in total. The van der Waals surface area contributed by atoms with E-state index in [4.69, 9.17) is 4.74 Å². The lowest BCUT2D eigenvalue weighted by Crippen LogP contribution is -2.29. The molecule has 1 aliphatic rings. The molecule has 0 saturated carbocycles. The molecule has 0 unspecified atom stereocenters. The van der Waals surface area contributed by atoms with Gasteiger partial charge < -0.3 is 10.1 Å². The molecular formula is C26H26N2O3S. The standard InChI is InChI=1S/C26H26N2O3S/c1-17(2)20-11-5-7-14-23(20)28-24(29)16-32-26(28)21-12-4-6-13-22(21)27-25(30)18-9-8-10-19(15-18)31-3/h4-15,17,26H,16H2,1-3H3,(H,27,30)/t26-/m1/s1. The van der Waals surface area contributed by atoms with Crippen LogP contribution in [0.2, 0.25) is 0 Å². The second kappa shape index (κ2) is 9.49. The van der Waals surface area contributed by atoms with Crippen molar-refractivity contribution in [2.75, 3.05) is 23.1 Å². The number of hydrogen-bond acceptors (Lipinski definition) is 4. The SMILES string of the molecule is COc1cccc(C(=O)Nc2ccccc2[C@H]2SCC(=O)N2c2ccccc2C(C)C)c1. The summed E-state index contributed by atoms with van der Waals surface area (Å²) >= 11 is 1.58. The Labute approximate surface area is 192 Å². The first-order valence-electron chi connectivity index (χ1n) is 10.6. The normalized spacial score (nSPS) is 15.8. The molecule has 1 heterocycles. The van der Waals surface area contributed by atoms with E-state index in [1.54, 1.807) is 43.1 Å². The Balaban J connectivity index is 1.68. The molecule has 0 radical (unpaired) electrons. The molecule has 32 heavy (non-hydrogen) atoms. The van der Waals surface area contributed by atoms with Crippen molar-refractivity contribution >= 4 is 35.0 Å². The van der Waals surface area contributed by atoms with Crippen LogP contribution in [0.15, 0.2) is 72.8 Å². The number of carbonyl (C=O) groups is 2. The summed E-state index contributed by atoms with van der Waals surface area (Å²) in [5.74, 6) is 1.16. The van der Waals surface area contributed by atoms with E-state index in [1.807, 2.05) is 47.4 Å². The Morgan fingerprint density at radius 1 is 1.06 bits per heavy atom. The second-order valence-electron chi connectivity index (χ2n) is 7.91. The van der Waals surface area contributed by atoms with Crippen molar-refractivity contribution < 1.29 is 14.3 Å². The van der Waals surface area contributed by atoms with Gasteiger partial charge in [-0.2, -0.15) is 0 Å². The molecule has 1 aliphatic heterocycles. The topological polar surface area (TPSA) is 58.6 Å². The molecule has 5 nitrogen and oxygen atoms in total. The summed E-state index contributed by atoms with van der Waals surface area (Å²) in [6, 6.07) is 22.8. The minimum Gasteiger partial charge on any atom is -0.497 e. The summed E-state index contributed by atoms with van der Waals surface area (Å²) in [5, 5.41) is 2.82. The average Bonchev–Trinajstić information content (AvgIpc) is 3.20. The van der Waals surface area contributed by atoms with Gasteiger partial charge in [0.1, 0.15) is 11.1 Å². The third-order valence-corrected chi connectivity index (χ3v) is 6.69. The van der Waals surface area contributed by atoms with E-state index >= 15 is 0 Å². The molecule has 0 spiro atoms. The van der Waals surface area contributed by atoms with Gasteiger partial charge in [-0.15, -0.1) is 11.8 Å². The average molecular weight is 447 g/mol. The zero-order chi connectivity index (χ0) is 22.7. The van der Waals surface area contributed by atoms with Crippen LogP contribution < -0.4 is 15.0 Å². The molecule has 0 bridgehead atoms. The van der Waals surface area contributed by atoms with Crippen LogP contribution in [0, 0.1) is 0 Å². The molecule has 3 aromatic rings. The number of thioether (sulfide) groups is 1. The maximum absolute atomic E-state index is 13.0. The highest BCUT2D eigenvalue weighted by Gasteiger charge is 2.36. The number of rotatable bonds is 6. The smallest absolute Gasteiger partial charge is 0.255 e. The molecular weight excluding hydrogens is 420 g/mol. The number of carbonyl (C=O) groups excluding carboxylic acids is 2. The van der Waals surface area contributed by atoms with E-state index in [-0.39, 0.29) is 23.1 Å². The van der Waals surface area contributed by atoms with Crippen LogP contribution >= 0.6 is 11.8 Å². The lowest BCUT2D eigenvalue weighted by Gasteiger charge is -2.29. The van der Waals surface area contributed by atoms with Crippen molar-refractivity contribution in [3.8, 4) is 5.75 Å². The first-order valence-corrected chi connectivity index (χ1v) is 11.6. The van der Waals surface area contributed by atoms with Gasteiger partial charge in [-0.25, -0.2) is 0 Å². The van der Waals surface area contributed by atoms with Crippen molar-refractivity contribution in [2.45, 2.75) is 25.1 Å². The van der Waals surface area contributed by atoms with Gasteiger partial charge in [0.15, 0.2) is 0 Å². The molecule has 1 saturated heterocycles. The number of ether oxygens (including phenoxy) is 1. The minimum absolute atomic E-state index is 0.0713. The quantitative estimate of drug-likeness (QED) is 0.516. The van der Waals surface area contributed by atoms with Crippen molar-refractivity contribution in [3.05, 3.63) is 89.5 Å². The van der Waals surface area contributed by atoms with Crippen molar-refractivity contribution in [1.29, 1.82) is 0 Å². The Kier molecular flexibility index (Phi) is 6.51. The summed E-state index contributed by atoms with van der Waals surface area (Å²) in [6.07, 6.45) is 0. The Bertz CT molecular complexity index is 1150.